The molecule has 7 nitrogen and oxygen atoms in total. The summed E-state index contributed by atoms with van der Waals surface area (Å²) >= 11 is 0. The van der Waals surface area contributed by atoms with Gasteiger partial charge in [0.05, 0.1) is 12.0 Å². The molecule has 3 aromatic rings. The third-order valence-electron chi connectivity index (χ3n) is 5.38. The number of alkyl halides is 3. The highest BCUT2D eigenvalue weighted by Crippen LogP contribution is 2.29. The van der Waals surface area contributed by atoms with E-state index in [0.29, 0.717) is 49.2 Å². The Morgan fingerprint density at radius 2 is 1.76 bits per heavy atom. The molecule has 0 spiro atoms. The molecular weight excluding hydrogens is 433 g/mol. The first-order valence-corrected chi connectivity index (χ1v) is 10.5. The predicted molar refractivity (Wildman–Crippen MR) is 118 cm³/mol. The molecule has 33 heavy (non-hydrogen) atoms. The van der Waals surface area contributed by atoms with Crippen molar-refractivity contribution < 1.29 is 18.0 Å². The number of aryl methyl sites for hydroxylation is 1. The number of nitrogens with zero attached hydrogens (tertiary/aromatic N) is 5. The molecule has 0 saturated carbocycles. The van der Waals surface area contributed by atoms with Crippen molar-refractivity contribution in [1.82, 2.24) is 20.1 Å². The fourth-order valence-corrected chi connectivity index (χ4v) is 3.56. The van der Waals surface area contributed by atoms with Crippen molar-refractivity contribution in [2.24, 2.45) is 0 Å². The molecule has 1 saturated heterocycles. The van der Waals surface area contributed by atoms with Crippen LogP contribution in [-0.4, -0.2) is 52.2 Å². The van der Waals surface area contributed by atoms with Crippen molar-refractivity contribution in [3.05, 3.63) is 71.4 Å². The molecule has 3 heterocycles. The Balaban J connectivity index is 1.30. The van der Waals surface area contributed by atoms with Crippen LogP contribution in [0.15, 0.2) is 54.7 Å². The van der Waals surface area contributed by atoms with Gasteiger partial charge in [-0.1, -0.05) is 24.3 Å². The molecule has 0 aliphatic carbocycles. The van der Waals surface area contributed by atoms with E-state index in [0.717, 1.165) is 17.7 Å². The summed E-state index contributed by atoms with van der Waals surface area (Å²) in [7, 11) is 0. The smallest absolute Gasteiger partial charge is 0.352 e. The number of carbonyl (C=O) groups is 1. The lowest BCUT2D eigenvalue weighted by Gasteiger charge is -2.35. The van der Waals surface area contributed by atoms with E-state index >= 15 is 0 Å². The van der Waals surface area contributed by atoms with E-state index in [4.69, 9.17) is 0 Å². The molecule has 4 rings (SSSR count). The number of aromatic nitrogens is 3. The zero-order valence-corrected chi connectivity index (χ0v) is 18.0. The highest BCUT2D eigenvalue weighted by molar-refractivity contribution is 5.79. The maximum Gasteiger partial charge on any atom is 0.416 e. The molecule has 1 fully saturated rings. The average Bonchev–Trinajstić information content (AvgIpc) is 2.81. The Kier molecular flexibility index (Phi) is 6.43. The molecule has 172 valence electrons. The van der Waals surface area contributed by atoms with Gasteiger partial charge in [0, 0.05) is 32.4 Å². The van der Waals surface area contributed by atoms with Crippen molar-refractivity contribution in [1.29, 1.82) is 0 Å². The molecule has 0 atom stereocenters. The van der Waals surface area contributed by atoms with Crippen LogP contribution in [0, 0.1) is 6.92 Å². The van der Waals surface area contributed by atoms with Gasteiger partial charge in [-0.3, -0.25) is 4.79 Å². The lowest BCUT2D eigenvalue weighted by molar-refractivity contribution is -0.138. The van der Waals surface area contributed by atoms with Gasteiger partial charge in [-0.2, -0.15) is 13.2 Å². The molecule has 10 heteroatoms. The van der Waals surface area contributed by atoms with Crippen LogP contribution in [0.2, 0.25) is 0 Å². The number of hydrogen-bond donors (Lipinski definition) is 1. The van der Waals surface area contributed by atoms with E-state index < -0.39 is 11.7 Å². The van der Waals surface area contributed by atoms with Crippen molar-refractivity contribution in [2.45, 2.75) is 19.5 Å². The number of anilines is 3. The van der Waals surface area contributed by atoms with E-state index in [9.17, 15) is 18.0 Å². The summed E-state index contributed by atoms with van der Waals surface area (Å²) in [6.07, 6.45) is -2.72. The largest absolute Gasteiger partial charge is 0.416 e. The Labute approximate surface area is 189 Å². The number of amides is 1. The number of benzene rings is 1. The van der Waals surface area contributed by atoms with Crippen LogP contribution >= 0.6 is 0 Å². The topological polar surface area (TPSA) is 74.2 Å². The predicted octanol–water partition coefficient (Wildman–Crippen LogP) is 3.83. The monoisotopic (exact) mass is 456 g/mol. The molecule has 2 aromatic heterocycles. The molecule has 1 N–H and O–H groups in total. The van der Waals surface area contributed by atoms with Crippen LogP contribution in [0.4, 0.5) is 30.6 Å². The normalized spacial score (nSPS) is 14.3. The van der Waals surface area contributed by atoms with Crippen molar-refractivity contribution >= 4 is 23.4 Å². The Hall–Kier alpha value is -3.69. The van der Waals surface area contributed by atoms with Gasteiger partial charge in [0.1, 0.15) is 5.82 Å². The zero-order valence-electron chi connectivity index (χ0n) is 18.0. The first-order chi connectivity index (χ1) is 15.8. The van der Waals surface area contributed by atoms with Crippen molar-refractivity contribution in [2.75, 3.05) is 36.4 Å². The van der Waals surface area contributed by atoms with Gasteiger partial charge in [0.2, 0.25) is 5.91 Å². The Morgan fingerprint density at radius 1 is 1.00 bits per heavy atom. The molecule has 1 amide bonds. The number of halogens is 3. The van der Waals surface area contributed by atoms with Crippen LogP contribution in [0.1, 0.15) is 16.7 Å². The molecule has 1 aliphatic heterocycles. The summed E-state index contributed by atoms with van der Waals surface area (Å²) in [6, 6.07) is 12.4. The van der Waals surface area contributed by atoms with Gasteiger partial charge in [-0.25, -0.2) is 4.98 Å². The van der Waals surface area contributed by atoms with Crippen LogP contribution in [0.3, 0.4) is 0 Å². The van der Waals surface area contributed by atoms with E-state index in [-0.39, 0.29) is 12.3 Å². The van der Waals surface area contributed by atoms with Crippen LogP contribution in [0.5, 0.6) is 0 Å². The second-order valence-electron chi connectivity index (χ2n) is 7.87. The SMILES string of the molecule is Cc1ccc(Nc2ccc(N3CCN(C(=O)Cc4cccc(C(F)(F)F)c4)CC3)nn2)nc1. The number of pyridine rings is 1. The van der Waals surface area contributed by atoms with E-state index in [1.807, 2.05) is 36.1 Å². The van der Waals surface area contributed by atoms with E-state index in [2.05, 4.69) is 20.5 Å². The fraction of sp³-hybridized carbons (Fsp3) is 0.304. The summed E-state index contributed by atoms with van der Waals surface area (Å²) in [5.74, 6) is 1.76. The highest BCUT2D eigenvalue weighted by atomic mass is 19.4. The summed E-state index contributed by atoms with van der Waals surface area (Å²) < 4.78 is 38.7. The summed E-state index contributed by atoms with van der Waals surface area (Å²) in [5.41, 5.74) is 0.677. The van der Waals surface area contributed by atoms with Crippen LogP contribution in [0.25, 0.3) is 0 Å². The number of rotatable bonds is 5. The number of nitrogens with one attached hydrogen (secondary N) is 1. The van der Waals surface area contributed by atoms with Gasteiger partial charge < -0.3 is 15.1 Å². The molecule has 0 bridgehead atoms. The standard InChI is InChI=1S/C23H23F3N6O/c1-16-5-6-19(27-15-16)28-20-7-8-21(30-29-20)31-9-11-32(12-10-31)22(33)14-17-3-2-4-18(13-17)23(24,25)26/h2-8,13,15H,9-12,14H2,1H3,(H,27,28,29). The molecular formula is C23H23F3N6O. The number of carbonyl (C=O) groups excluding carboxylic acids is 1. The van der Waals surface area contributed by atoms with Gasteiger partial charge in [0.25, 0.3) is 0 Å². The number of hydrogen-bond acceptors (Lipinski definition) is 6. The third kappa shape index (κ3) is 5.76. The molecule has 1 aliphatic rings. The summed E-state index contributed by atoms with van der Waals surface area (Å²) in [6.45, 7) is 4.02. The quantitative estimate of drug-likeness (QED) is 0.629. The maximum atomic E-state index is 12.9. The van der Waals surface area contributed by atoms with Crippen molar-refractivity contribution in [3.63, 3.8) is 0 Å². The van der Waals surface area contributed by atoms with Gasteiger partial charge >= 0.3 is 6.18 Å². The van der Waals surface area contributed by atoms with Crippen LogP contribution in [-0.2, 0) is 17.4 Å². The molecule has 0 radical (unpaired) electrons. The zero-order chi connectivity index (χ0) is 23.4. The summed E-state index contributed by atoms with van der Waals surface area (Å²) in [5, 5.41) is 11.5. The Bertz CT molecular complexity index is 1090. The van der Waals surface area contributed by atoms with Gasteiger partial charge in [-0.05, 0) is 42.3 Å². The minimum atomic E-state index is -4.42. The average molecular weight is 456 g/mol. The lowest BCUT2D eigenvalue weighted by atomic mass is 10.1. The second-order valence-corrected chi connectivity index (χ2v) is 7.87. The summed E-state index contributed by atoms with van der Waals surface area (Å²) in [4.78, 5) is 20.6. The third-order valence-corrected chi connectivity index (χ3v) is 5.38. The minimum absolute atomic E-state index is 0.0584. The van der Waals surface area contributed by atoms with E-state index in [1.165, 1.54) is 6.07 Å². The van der Waals surface area contributed by atoms with Gasteiger partial charge in [0.15, 0.2) is 11.6 Å². The Morgan fingerprint density at radius 3 is 2.39 bits per heavy atom. The maximum absolute atomic E-state index is 12.9. The fourth-order valence-electron chi connectivity index (χ4n) is 3.56. The van der Waals surface area contributed by atoms with Crippen LogP contribution < -0.4 is 10.2 Å². The second kappa shape index (κ2) is 9.43. The number of piperazine rings is 1. The lowest BCUT2D eigenvalue weighted by Crippen LogP contribution is -2.49. The van der Waals surface area contributed by atoms with E-state index in [1.54, 1.807) is 17.2 Å². The molecule has 1 aromatic carbocycles. The molecule has 0 unspecified atom stereocenters. The van der Waals surface area contributed by atoms with Crippen molar-refractivity contribution in [3.8, 4) is 0 Å². The van der Waals surface area contributed by atoms with Gasteiger partial charge in [-0.15, -0.1) is 10.2 Å². The minimum Gasteiger partial charge on any atom is -0.352 e. The first-order valence-electron chi connectivity index (χ1n) is 10.5. The highest BCUT2D eigenvalue weighted by Gasteiger charge is 2.30. The first kappa shape index (κ1) is 22.5.